The molecule has 1 saturated heterocycles. The van der Waals surface area contributed by atoms with Crippen molar-refractivity contribution in [2.75, 3.05) is 17.8 Å². The van der Waals surface area contributed by atoms with E-state index in [0.717, 1.165) is 18.2 Å². The Morgan fingerprint density at radius 3 is 2.47 bits per heavy atom. The third-order valence-corrected chi connectivity index (χ3v) is 7.24. The lowest BCUT2D eigenvalue weighted by molar-refractivity contribution is -0.0958. The van der Waals surface area contributed by atoms with Crippen LogP contribution in [0.5, 0.6) is 0 Å². The Hall–Kier alpha value is -2.97. The Bertz CT molecular complexity index is 1230. The van der Waals surface area contributed by atoms with Crippen LogP contribution in [0, 0.1) is 5.92 Å². The van der Waals surface area contributed by atoms with E-state index in [1.807, 2.05) is 12.1 Å². The van der Waals surface area contributed by atoms with Crippen molar-refractivity contribution in [1.29, 1.82) is 0 Å². The molecule has 1 amide bonds. The van der Waals surface area contributed by atoms with Crippen molar-refractivity contribution in [1.82, 2.24) is 9.88 Å². The topological polar surface area (TPSA) is 99.6 Å². The second kappa shape index (κ2) is 6.78. The number of amides is 1. The van der Waals surface area contributed by atoms with Crippen molar-refractivity contribution >= 4 is 32.5 Å². The van der Waals surface area contributed by atoms with Gasteiger partial charge >= 0.3 is 0 Å². The monoisotopic (exact) mass is 423 g/mol. The Morgan fingerprint density at radius 1 is 1.07 bits per heavy atom. The second-order valence-corrected chi connectivity index (χ2v) is 9.70. The number of hydrogen-bond acceptors (Lipinski definition) is 5. The summed E-state index contributed by atoms with van der Waals surface area (Å²) in [5.41, 5.74) is 0.498. The molecular formula is C22H21N3O4S. The number of likely N-dealkylation sites (tertiary alicyclic amines) is 1. The summed E-state index contributed by atoms with van der Waals surface area (Å²) >= 11 is 0. The number of β-amino-alcohol motifs (C(OH)–C–C–N with tert-alkyl or cyclic N) is 1. The molecule has 2 N–H and O–H groups in total. The molecule has 0 unspecified atom stereocenters. The number of para-hydroxylation sites is 1. The van der Waals surface area contributed by atoms with E-state index in [1.54, 1.807) is 47.5 Å². The SMILES string of the molecule is O=C(c1ccc(NS(=O)(=O)c2cccc3cccnc23)cc1)N1CC(O)(C2CC2)C1. The number of rotatable bonds is 5. The summed E-state index contributed by atoms with van der Waals surface area (Å²) in [7, 11) is -3.84. The molecule has 2 aliphatic rings. The lowest BCUT2D eigenvalue weighted by Gasteiger charge is -2.47. The van der Waals surface area contributed by atoms with Gasteiger partial charge in [-0.15, -0.1) is 0 Å². The summed E-state index contributed by atoms with van der Waals surface area (Å²) in [6, 6.07) is 14.9. The van der Waals surface area contributed by atoms with E-state index in [2.05, 4.69) is 9.71 Å². The minimum absolute atomic E-state index is 0.0979. The van der Waals surface area contributed by atoms with Crippen molar-refractivity contribution in [3.05, 3.63) is 66.4 Å². The van der Waals surface area contributed by atoms with Crippen LogP contribution in [0.2, 0.25) is 0 Å². The van der Waals surface area contributed by atoms with E-state index >= 15 is 0 Å². The van der Waals surface area contributed by atoms with Gasteiger partial charge in [-0.3, -0.25) is 14.5 Å². The van der Waals surface area contributed by atoms with Gasteiger partial charge in [-0.05, 0) is 55.2 Å². The third-order valence-electron chi connectivity index (χ3n) is 5.82. The van der Waals surface area contributed by atoms with Crippen molar-refractivity contribution in [2.45, 2.75) is 23.3 Å². The van der Waals surface area contributed by atoms with Crippen LogP contribution < -0.4 is 4.72 Å². The molecule has 3 aromatic rings. The van der Waals surface area contributed by atoms with Crippen molar-refractivity contribution in [2.24, 2.45) is 5.92 Å². The summed E-state index contributed by atoms with van der Waals surface area (Å²) in [5.74, 6) is 0.162. The fraction of sp³-hybridized carbons (Fsp3) is 0.273. The molecular weight excluding hydrogens is 402 g/mol. The van der Waals surface area contributed by atoms with Gasteiger partial charge in [0.1, 0.15) is 10.5 Å². The molecule has 0 bridgehead atoms. The van der Waals surface area contributed by atoms with Crippen molar-refractivity contribution < 1.29 is 18.3 Å². The summed E-state index contributed by atoms with van der Waals surface area (Å²) in [4.78, 5) is 18.5. The minimum Gasteiger partial charge on any atom is -0.386 e. The lowest BCUT2D eigenvalue weighted by atomic mass is 9.88. The standard InChI is InChI=1S/C22H21N3O4S/c26-21(25-13-22(27,14-25)17-8-9-17)16-6-10-18(11-7-16)24-30(28,29)19-5-1-3-15-4-2-12-23-20(15)19/h1-7,10-12,17,24,27H,8-9,13-14H2. The number of fused-ring (bicyclic) bond motifs is 1. The summed E-state index contributed by atoms with van der Waals surface area (Å²) in [6.07, 6.45) is 3.61. The van der Waals surface area contributed by atoms with Crippen molar-refractivity contribution in [3.8, 4) is 0 Å². The van der Waals surface area contributed by atoms with Crippen LogP contribution in [0.1, 0.15) is 23.2 Å². The van der Waals surface area contributed by atoms with Gasteiger partial charge in [0.15, 0.2) is 0 Å². The maximum absolute atomic E-state index is 12.9. The number of pyridine rings is 1. The first-order valence-corrected chi connectivity index (χ1v) is 11.3. The van der Waals surface area contributed by atoms with E-state index in [-0.39, 0.29) is 10.8 Å². The molecule has 0 spiro atoms. The Labute approximate surface area is 174 Å². The molecule has 7 nitrogen and oxygen atoms in total. The minimum atomic E-state index is -3.84. The summed E-state index contributed by atoms with van der Waals surface area (Å²) < 4.78 is 28.3. The molecule has 0 atom stereocenters. The van der Waals surface area contributed by atoms with E-state index in [0.29, 0.717) is 35.8 Å². The van der Waals surface area contributed by atoms with Gasteiger partial charge in [0.05, 0.1) is 18.6 Å². The number of aromatic nitrogens is 1. The highest BCUT2D eigenvalue weighted by Crippen LogP contribution is 2.44. The molecule has 30 heavy (non-hydrogen) atoms. The van der Waals surface area contributed by atoms with Gasteiger partial charge in [0.25, 0.3) is 15.9 Å². The van der Waals surface area contributed by atoms with Gasteiger partial charge in [0, 0.05) is 22.8 Å². The average Bonchev–Trinajstić information content (AvgIpc) is 3.56. The van der Waals surface area contributed by atoms with E-state index < -0.39 is 15.6 Å². The van der Waals surface area contributed by atoms with Gasteiger partial charge in [-0.25, -0.2) is 8.42 Å². The zero-order valence-corrected chi connectivity index (χ0v) is 17.0. The normalized spacial score (nSPS) is 18.1. The predicted octanol–water partition coefficient (Wildman–Crippen LogP) is 2.63. The van der Waals surface area contributed by atoms with Crippen LogP contribution in [0.4, 0.5) is 5.69 Å². The molecule has 2 heterocycles. The number of sulfonamides is 1. The number of nitrogens with zero attached hydrogens (tertiary/aromatic N) is 2. The van der Waals surface area contributed by atoms with Crippen LogP contribution in [0.25, 0.3) is 10.9 Å². The lowest BCUT2D eigenvalue weighted by Crippen LogP contribution is -2.64. The van der Waals surface area contributed by atoms with Gasteiger partial charge in [-0.1, -0.05) is 18.2 Å². The molecule has 8 heteroatoms. The number of carbonyl (C=O) groups is 1. The van der Waals surface area contributed by atoms with Crippen LogP contribution in [0.15, 0.2) is 65.7 Å². The average molecular weight is 423 g/mol. The third kappa shape index (κ3) is 3.32. The van der Waals surface area contributed by atoms with Gasteiger partial charge in [-0.2, -0.15) is 0 Å². The predicted molar refractivity (Wildman–Crippen MR) is 113 cm³/mol. The van der Waals surface area contributed by atoms with Crippen LogP contribution in [-0.4, -0.2) is 48.0 Å². The highest BCUT2D eigenvalue weighted by Gasteiger charge is 2.53. The van der Waals surface area contributed by atoms with E-state index in [4.69, 9.17) is 0 Å². The van der Waals surface area contributed by atoms with E-state index in [9.17, 15) is 18.3 Å². The first-order valence-electron chi connectivity index (χ1n) is 9.84. The first kappa shape index (κ1) is 19.0. The smallest absolute Gasteiger partial charge is 0.264 e. The molecule has 1 saturated carbocycles. The number of nitrogens with one attached hydrogen (secondary N) is 1. The van der Waals surface area contributed by atoms with Gasteiger partial charge < -0.3 is 10.0 Å². The Kier molecular flexibility index (Phi) is 4.30. The molecule has 0 radical (unpaired) electrons. The highest BCUT2D eigenvalue weighted by atomic mass is 32.2. The second-order valence-electron chi connectivity index (χ2n) is 8.05. The largest absolute Gasteiger partial charge is 0.386 e. The molecule has 1 aliphatic heterocycles. The number of carbonyl (C=O) groups excluding carboxylic acids is 1. The molecule has 5 rings (SSSR count). The fourth-order valence-corrected chi connectivity index (χ4v) is 5.24. The zero-order valence-electron chi connectivity index (χ0n) is 16.2. The molecule has 154 valence electrons. The van der Waals surface area contributed by atoms with Crippen LogP contribution >= 0.6 is 0 Å². The molecule has 2 aromatic carbocycles. The molecule has 1 aromatic heterocycles. The zero-order chi connectivity index (χ0) is 20.9. The maximum Gasteiger partial charge on any atom is 0.264 e. The van der Waals surface area contributed by atoms with Crippen LogP contribution in [0.3, 0.4) is 0 Å². The summed E-state index contributed by atoms with van der Waals surface area (Å²) in [6.45, 7) is 0.720. The number of anilines is 1. The molecule has 2 fully saturated rings. The van der Waals surface area contributed by atoms with Crippen LogP contribution in [-0.2, 0) is 10.0 Å². The highest BCUT2D eigenvalue weighted by molar-refractivity contribution is 7.93. The fourth-order valence-electron chi connectivity index (χ4n) is 4.00. The van der Waals surface area contributed by atoms with E-state index in [1.165, 1.54) is 6.07 Å². The quantitative estimate of drug-likeness (QED) is 0.657. The van der Waals surface area contributed by atoms with Crippen molar-refractivity contribution in [3.63, 3.8) is 0 Å². The first-order chi connectivity index (χ1) is 14.4. The number of aliphatic hydroxyl groups is 1. The Balaban J connectivity index is 1.31. The Morgan fingerprint density at radius 2 is 1.77 bits per heavy atom. The number of benzene rings is 2. The molecule has 1 aliphatic carbocycles. The maximum atomic E-state index is 12.9. The summed E-state index contributed by atoms with van der Waals surface area (Å²) in [5, 5.41) is 11.1. The number of hydrogen-bond donors (Lipinski definition) is 2. The van der Waals surface area contributed by atoms with Gasteiger partial charge in [0.2, 0.25) is 0 Å².